The Morgan fingerprint density at radius 2 is 2.25 bits per heavy atom. The average Bonchev–Trinajstić information content (AvgIpc) is 1.83. The van der Waals surface area contributed by atoms with Gasteiger partial charge in [0.2, 0.25) is 0 Å². The highest BCUT2D eigenvalue weighted by atomic mass is 16.3. The minimum Gasteiger partial charge on any atom is -0.513 e. The van der Waals surface area contributed by atoms with Gasteiger partial charge in [0.05, 0.1) is 5.76 Å². The molecule has 0 aliphatic rings. The van der Waals surface area contributed by atoms with Crippen molar-refractivity contribution in [2.45, 2.75) is 19.8 Å². The van der Waals surface area contributed by atoms with Crippen LogP contribution in [0.15, 0.2) is 11.8 Å². The second-order valence-corrected chi connectivity index (χ2v) is 1.61. The molecule has 0 saturated carbocycles. The molecule has 0 aliphatic heterocycles. The molecule has 2 nitrogen and oxygen atoms in total. The van der Waals surface area contributed by atoms with E-state index in [0.29, 0.717) is 18.6 Å². The number of hydrogen-bond donors (Lipinski definition) is 2. The minimum atomic E-state index is 0.151. The van der Waals surface area contributed by atoms with E-state index in [1.807, 2.05) is 0 Å². The molecule has 0 saturated heterocycles. The summed E-state index contributed by atoms with van der Waals surface area (Å²) in [5, 5.41) is 17.0. The molecule has 0 rings (SSSR count). The number of hydrogen-bond acceptors (Lipinski definition) is 2. The van der Waals surface area contributed by atoms with Gasteiger partial charge in [-0.3, -0.25) is 0 Å². The molecule has 0 spiro atoms. The summed E-state index contributed by atoms with van der Waals surface area (Å²) in [6, 6.07) is 0. The maximum Gasteiger partial charge on any atom is 0.0880 e. The summed E-state index contributed by atoms with van der Waals surface area (Å²) in [5.74, 6) is 0.360. The van der Waals surface area contributed by atoms with Crippen LogP contribution in [0.2, 0.25) is 0 Å². The molecule has 8 heavy (non-hydrogen) atoms. The zero-order valence-electron chi connectivity index (χ0n) is 5.09. The lowest BCUT2D eigenvalue weighted by atomic mass is 10.3. The molecule has 2 heteroatoms. The Morgan fingerprint density at radius 3 is 2.62 bits per heavy atom. The van der Waals surface area contributed by atoms with E-state index in [0.717, 1.165) is 0 Å². The van der Waals surface area contributed by atoms with Crippen molar-refractivity contribution in [2.75, 3.05) is 6.61 Å². The van der Waals surface area contributed by atoms with Gasteiger partial charge in [0.1, 0.15) is 0 Å². The van der Waals surface area contributed by atoms with Crippen LogP contribution in [0.25, 0.3) is 0 Å². The first-order valence-electron chi connectivity index (χ1n) is 2.76. The maximum atomic E-state index is 8.74. The van der Waals surface area contributed by atoms with Gasteiger partial charge in [-0.15, -0.1) is 0 Å². The molecule has 0 bridgehead atoms. The van der Waals surface area contributed by atoms with Crippen LogP contribution in [0.1, 0.15) is 19.8 Å². The van der Waals surface area contributed by atoms with Gasteiger partial charge in [-0.2, -0.15) is 0 Å². The molecule has 0 radical (unpaired) electrons. The van der Waals surface area contributed by atoms with E-state index in [2.05, 4.69) is 0 Å². The van der Waals surface area contributed by atoms with E-state index < -0.39 is 0 Å². The smallest absolute Gasteiger partial charge is 0.0880 e. The van der Waals surface area contributed by atoms with Gasteiger partial charge in [0, 0.05) is 13.0 Å². The normalized spacial score (nSPS) is 12.0. The fourth-order valence-electron chi connectivity index (χ4n) is 0.405. The van der Waals surface area contributed by atoms with E-state index in [-0.39, 0.29) is 6.61 Å². The predicted molar refractivity (Wildman–Crippen MR) is 32.7 cm³/mol. The number of aliphatic hydroxyl groups excluding tert-OH is 2. The third-order valence-corrected chi connectivity index (χ3v) is 0.924. The first kappa shape index (κ1) is 7.50. The van der Waals surface area contributed by atoms with Crippen molar-refractivity contribution in [3.05, 3.63) is 11.8 Å². The van der Waals surface area contributed by atoms with Crippen molar-refractivity contribution in [2.24, 2.45) is 0 Å². The molecule has 0 amide bonds. The Hall–Kier alpha value is -0.500. The molecule has 0 fully saturated rings. The first-order valence-corrected chi connectivity index (χ1v) is 2.76. The molecule has 2 N–H and O–H groups in total. The average molecular weight is 116 g/mol. The molecule has 48 valence electrons. The summed E-state index contributed by atoms with van der Waals surface area (Å²) in [5.41, 5.74) is 0. The van der Waals surface area contributed by atoms with Crippen LogP contribution in [0.3, 0.4) is 0 Å². The number of allylic oxidation sites excluding steroid dienone is 2. The lowest BCUT2D eigenvalue weighted by Crippen LogP contribution is -1.84. The molecule has 0 aromatic carbocycles. The SMILES string of the molecule is CC=C(O)CCCO. The van der Waals surface area contributed by atoms with Gasteiger partial charge in [-0.25, -0.2) is 0 Å². The van der Waals surface area contributed by atoms with Crippen molar-refractivity contribution in [3.8, 4) is 0 Å². The van der Waals surface area contributed by atoms with Gasteiger partial charge in [-0.1, -0.05) is 0 Å². The number of rotatable bonds is 3. The van der Waals surface area contributed by atoms with E-state index in [4.69, 9.17) is 10.2 Å². The van der Waals surface area contributed by atoms with Crippen LogP contribution in [0, 0.1) is 0 Å². The van der Waals surface area contributed by atoms with Crippen LogP contribution in [-0.2, 0) is 0 Å². The molecule has 0 heterocycles. The summed E-state index contributed by atoms with van der Waals surface area (Å²) in [7, 11) is 0. The van der Waals surface area contributed by atoms with Gasteiger partial charge < -0.3 is 10.2 Å². The van der Waals surface area contributed by atoms with Crippen LogP contribution in [-0.4, -0.2) is 16.8 Å². The second kappa shape index (κ2) is 4.65. The minimum absolute atomic E-state index is 0.151. The highest BCUT2D eigenvalue weighted by molar-refractivity contribution is 4.86. The topological polar surface area (TPSA) is 40.5 Å². The third kappa shape index (κ3) is 3.68. The Bertz CT molecular complexity index is 76.6. The summed E-state index contributed by atoms with van der Waals surface area (Å²) in [6.45, 7) is 1.92. The lowest BCUT2D eigenvalue weighted by Gasteiger charge is -1.93. The van der Waals surface area contributed by atoms with Crippen LogP contribution in [0.4, 0.5) is 0 Å². The molecule has 0 unspecified atom stereocenters. The Kier molecular flexibility index (Phi) is 4.36. The highest BCUT2D eigenvalue weighted by Crippen LogP contribution is 1.97. The van der Waals surface area contributed by atoms with Crippen molar-refractivity contribution >= 4 is 0 Å². The van der Waals surface area contributed by atoms with Gasteiger partial charge >= 0.3 is 0 Å². The largest absolute Gasteiger partial charge is 0.513 e. The zero-order chi connectivity index (χ0) is 6.41. The molecule has 0 aromatic heterocycles. The van der Waals surface area contributed by atoms with E-state index in [1.165, 1.54) is 0 Å². The molecule has 0 aliphatic carbocycles. The molecular weight excluding hydrogens is 104 g/mol. The summed E-state index contributed by atoms with van der Waals surface area (Å²) >= 11 is 0. The monoisotopic (exact) mass is 116 g/mol. The summed E-state index contributed by atoms with van der Waals surface area (Å²) in [4.78, 5) is 0. The highest BCUT2D eigenvalue weighted by Gasteiger charge is 1.87. The fraction of sp³-hybridized carbons (Fsp3) is 0.667. The Morgan fingerprint density at radius 1 is 1.62 bits per heavy atom. The number of aliphatic hydroxyl groups is 2. The molecular formula is C6H12O2. The summed E-state index contributed by atoms with van der Waals surface area (Å²) < 4.78 is 0. The van der Waals surface area contributed by atoms with Crippen molar-refractivity contribution in [3.63, 3.8) is 0 Å². The van der Waals surface area contributed by atoms with Crippen LogP contribution >= 0.6 is 0 Å². The quantitative estimate of drug-likeness (QED) is 0.544. The lowest BCUT2D eigenvalue weighted by molar-refractivity contribution is 0.275. The summed E-state index contributed by atoms with van der Waals surface area (Å²) in [6.07, 6.45) is 2.87. The van der Waals surface area contributed by atoms with Crippen molar-refractivity contribution in [1.82, 2.24) is 0 Å². The third-order valence-electron chi connectivity index (χ3n) is 0.924. The second-order valence-electron chi connectivity index (χ2n) is 1.61. The Balaban J connectivity index is 3.12. The Labute approximate surface area is 49.5 Å². The fourth-order valence-corrected chi connectivity index (χ4v) is 0.405. The van der Waals surface area contributed by atoms with Gasteiger partial charge in [-0.05, 0) is 19.4 Å². The predicted octanol–water partition coefficient (Wildman–Crippen LogP) is 1.22. The molecule has 0 atom stereocenters. The van der Waals surface area contributed by atoms with Crippen molar-refractivity contribution < 1.29 is 10.2 Å². The van der Waals surface area contributed by atoms with Crippen LogP contribution in [0.5, 0.6) is 0 Å². The van der Waals surface area contributed by atoms with Crippen LogP contribution < -0.4 is 0 Å². The van der Waals surface area contributed by atoms with Gasteiger partial charge in [0.25, 0.3) is 0 Å². The molecule has 0 aromatic rings. The maximum absolute atomic E-state index is 8.74. The van der Waals surface area contributed by atoms with Crippen molar-refractivity contribution in [1.29, 1.82) is 0 Å². The van der Waals surface area contributed by atoms with E-state index in [1.54, 1.807) is 13.0 Å². The first-order chi connectivity index (χ1) is 3.81. The standard InChI is InChI=1S/C6H12O2/c1-2-6(8)4-3-5-7/h2,7-8H,3-5H2,1H3. The van der Waals surface area contributed by atoms with E-state index >= 15 is 0 Å². The zero-order valence-corrected chi connectivity index (χ0v) is 5.09. The van der Waals surface area contributed by atoms with E-state index in [9.17, 15) is 0 Å². The van der Waals surface area contributed by atoms with Gasteiger partial charge in [0.15, 0.2) is 0 Å².